The second-order valence-corrected chi connectivity index (χ2v) is 15.7. The number of allylic oxidation sites excluding steroid dienone is 2. The zero-order valence-electron chi connectivity index (χ0n) is 30.1. The summed E-state index contributed by atoms with van der Waals surface area (Å²) < 4.78 is 46.0. The highest BCUT2D eigenvalue weighted by Crippen LogP contribution is 2.65. The Morgan fingerprint density at radius 1 is 0.932 bits per heavy atom. The Morgan fingerprint density at radius 3 is 2.27 bits per heavy atom. The van der Waals surface area contributed by atoms with Crippen LogP contribution in [0.1, 0.15) is 45.8 Å². The molecule has 4 N–H and O–H groups in total. The maximum absolute atomic E-state index is 15.4. The van der Waals surface area contributed by atoms with Gasteiger partial charge in [0.15, 0.2) is 17.3 Å². The van der Waals surface area contributed by atoms with Crippen molar-refractivity contribution < 1.29 is 57.2 Å². The van der Waals surface area contributed by atoms with E-state index in [-0.39, 0.29) is 45.5 Å². The maximum Gasteiger partial charge on any atom is 0.417 e. The standard InChI is InChI=1S/C40H28Cl3F3N4O9/c1-59-29-11-16(10-26(42)32(29)52)31-21-8-9-23-30(36(55)49(34(23)53)20-6-7-22(37(56)57)28(51)13-20)24(21)14-25-35(54)50(38(58)39(25,31)17-2-4-19(41)5-3-17)48-33-27(43)12-18(15-47-33)40(44,45)46/h2-8,10-13,15,23-25,30-31,51-52H,9,14H2,1H3,(H,47,48)(H,56,57). The number of halogens is 6. The topological polar surface area (TPSA) is 187 Å². The van der Waals surface area contributed by atoms with Crippen molar-refractivity contribution in [1.29, 1.82) is 0 Å². The lowest BCUT2D eigenvalue weighted by molar-refractivity contribution is -0.139. The van der Waals surface area contributed by atoms with Gasteiger partial charge in [-0.05, 0) is 72.4 Å². The molecule has 0 spiro atoms. The van der Waals surface area contributed by atoms with Gasteiger partial charge in [-0.15, -0.1) is 0 Å². The van der Waals surface area contributed by atoms with E-state index in [1.807, 2.05) is 0 Å². The lowest BCUT2D eigenvalue weighted by atomic mass is 9.49. The van der Waals surface area contributed by atoms with E-state index >= 15 is 4.79 Å². The Hall–Kier alpha value is -5.84. The minimum absolute atomic E-state index is 0.0211. The third-order valence-electron chi connectivity index (χ3n) is 11.6. The van der Waals surface area contributed by atoms with E-state index in [4.69, 9.17) is 39.5 Å². The molecule has 2 saturated heterocycles. The molecule has 59 heavy (non-hydrogen) atoms. The van der Waals surface area contributed by atoms with Crippen molar-refractivity contribution in [2.24, 2.45) is 23.7 Å². The van der Waals surface area contributed by atoms with E-state index < -0.39 is 104 Å². The first-order valence-corrected chi connectivity index (χ1v) is 18.9. The van der Waals surface area contributed by atoms with E-state index in [0.717, 1.165) is 17.0 Å². The van der Waals surface area contributed by atoms with Gasteiger partial charge < -0.3 is 20.1 Å². The number of aromatic hydroxyl groups is 2. The molecule has 3 fully saturated rings. The molecular weight excluding hydrogens is 844 g/mol. The molecule has 4 aromatic rings. The number of methoxy groups -OCH3 is 1. The van der Waals surface area contributed by atoms with Crippen molar-refractivity contribution in [3.8, 4) is 17.2 Å². The van der Waals surface area contributed by atoms with Crippen LogP contribution in [0.3, 0.4) is 0 Å². The average Bonchev–Trinajstić information content (AvgIpc) is 3.56. The number of nitrogens with zero attached hydrogens (tertiary/aromatic N) is 3. The number of carbonyl (C=O) groups excluding carboxylic acids is 4. The lowest BCUT2D eigenvalue weighted by Gasteiger charge is -2.50. The number of phenolic OH excluding ortho intramolecular Hbond substituents is 1. The highest BCUT2D eigenvalue weighted by Gasteiger charge is 2.70. The number of phenols is 2. The monoisotopic (exact) mass is 870 g/mol. The van der Waals surface area contributed by atoms with Crippen LogP contribution in [0.4, 0.5) is 24.7 Å². The Balaban J connectivity index is 1.32. The first kappa shape index (κ1) is 40.0. The highest BCUT2D eigenvalue weighted by atomic mass is 35.5. The van der Waals surface area contributed by atoms with Gasteiger partial charge in [-0.1, -0.05) is 58.6 Å². The van der Waals surface area contributed by atoms with Crippen molar-refractivity contribution in [2.75, 3.05) is 17.4 Å². The normalized spacial score (nSPS) is 25.1. The van der Waals surface area contributed by atoms with Crippen molar-refractivity contribution in [3.63, 3.8) is 0 Å². The van der Waals surface area contributed by atoms with Gasteiger partial charge in [-0.3, -0.25) is 24.6 Å². The predicted molar refractivity (Wildman–Crippen MR) is 204 cm³/mol. The molecule has 19 heteroatoms. The van der Waals surface area contributed by atoms with E-state index in [0.29, 0.717) is 22.8 Å². The zero-order valence-corrected chi connectivity index (χ0v) is 32.4. The number of nitrogens with one attached hydrogen (secondary N) is 1. The Labute approximate surface area is 346 Å². The first-order valence-electron chi connectivity index (χ1n) is 17.7. The van der Waals surface area contributed by atoms with Crippen LogP contribution in [0.2, 0.25) is 15.1 Å². The van der Waals surface area contributed by atoms with Gasteiger partial charge in [0, 0.05) is 23.2 Å². The number of carboxylic acids is 1. The number of aromatic carboxylic acids is 1. The number of aromatic nitrogens is 1. The van der Waals surface area contributed by atoms with E-state index in [1.165, 1.54) is 37.4 Å². The Morgan fingerprint density at radius 2 is 1.64 bits per heavy atom. The highest BCUT2D eigenvalue weighted by molar-refractivity contribution is 6.33. The SMILES string of the molecule is COc1cc(C2C3=CCC4C(=O)N(c5ccc(C(=O)O)c(O)c5)C(=O)C4C3CC3C(=O)N(Nc4ncc(C(F)(F)F)cc4Cl)C(=O)C32c2ccc(Cl)cc2)cc(Cl)c1O. The molecule has 1 saturated carbocycles. The van der Waals surface area contributed by atoms with Gasteiger partial charge in [-0.25, -0.2) is 14.7 Å². The molecule has 304 valence electrons. The molecule has 2 aliphatic carbocycles. The first-order chi connectivity index (χ1) is 27.9. The third-order valence-corrected chi connectivity index (χ3v) is 12.5. The molecular formula is C40H28Cl3F3N4O9. The fourth-order valence-electron chi connectivity index (χ4n) is 9.17. The molecule has 3 heterocycles. The molecule has 0 bridgehead atoms. The molecule has 6 unspecified atom stereocenters. The summed E-state index contributed by atoms with van der Waals surface area (Å²) in [6, 6.07) is 12.8. The fourth-order valence-corrected chi connectivity index (χ4v) is 9.72. The van der Waals surface area contributed by atoms with Crippen molar-refractivity contribution in [1.82, 2.24) is 9.99 Å². The molecule has 4 aliphatic rings. The second-order valence-electron chi connectivity index (χ2n) is 14.5. The van der Waals surface area contributed by atoms with Gasteiger partial charge >= 0.3 is 12.1 Å². The molecule has 6 atom stereocenters. The van der Waals surface area contributed by atoms with Crippen LogP contribution < -0.4 is 15.1 Å². The van der Waals surface area contributed by atoms with Crippen LogP contribution in [0.15, 0.2) is 78.5 Å². The molecule has 1 aromatic heterocycles. The minimum atomic E-state index is -4.81. The molecule has 3 aromatic carbocycles. The smallest absolute Gasteiger partial charge is 0.417 e. The van der Waals surface area contributed by atoms with Crippen LogP contribution in [0.25, 0.3) is 0 Å². The number of anilines is 2. The number of hydrogen-bond donors (Lipinski definition) is 4. The average molecular weight is 872 g/mol. The van der Waals surface area contributed by atoms with Crippen LogP contribution in [-0.4, -0.2) is 62.0 Å². The minimum Gasteiger partial charge on any atom is -0.507 e. The number of imide groups is 2. The summed E-state index contributed by atoms with van der Waals surface area (Å²) in [5.41, 5.74) is -0.0815. The Bertz CT molecular complexity index is 2550. The van der Waals surface area contributed by atoms with Gasteiger partial charge in [0.25, 0.3) is 11.8 Å². The lowest BCUT2D eigenvalue weighted by Crippen LogP contribution is -2.53. The summed E-state index contributed by atoms with van der Waals surface area (Å²) in [5.74, 6) is -11.7. The molecule has 2 aliphatic heterocycles. The van der Waals surface area contributed by atoms with Gasteiger partial charge in [0.1, 0.15) is 11.3 Å². The van der Waals surface area contributed by atoms with Crippen molar-refractivity contribution in [2.45, 2.75) is 30.4 Å². The number of amides is 4. The zero-order chi connectivity index (χ0) is 42.5. The maximum atomic E-state index is 15.4. The third kappa shape index (κ3) is 6.06. The molecule has 8 rings (SSSR count). The Kier molecular flexibility index (Phi) is 9.60. The number of carboxylic acid groups (broad SMARTS) is 1. The van der Waals surface area contributed by atoms with Crippen LogP contribution in [0, 0.1) is 23.7 Å². The number of benzene rings is 3. The summed E-state index contributed by atoms with van der Waals surface area (Å²) in [6.07, 6.45) is -2.83. The van der Waals surface area contributed by atoms with Gasteiger partial charge in [0.2, 0.25) is 11.8 Å². The second kappa shape index (κ2) is 14.2. The van der Waals surface area contributed by atoms with E-state index in [1.54, 1.807) is 18.2 Å². The number of rotatable bonds is 7. The number of carbonyl (C=O) groups is 5. The number of ether oxygens (including phenoxy) is 1. The summed E-state index contributed by atoms with van der Waals surface area (Å²) in [7, 11) is 1.27. The number of hydrogen-bond acceptors (Lipinski definition) is 10. The molecule has 0 radical (unpaired) electrons. The van der Waals surface area contributed by atoms with E-state index in [9.17, 15) is 47.7 Å². The molecule has 13 nitrogen and oxygen atoms in total. The van der Waals surface area contributed by atoms with Crippen LogP contribution in [0.5, 0.6) is 17.2 Å². The fraction of sp³-hybridized carbons (Fsp3) is 0.250. The number of alkyl halides is 3. The van der Waals surface area contributed by atoms with Crippen molar-refractivity contribution >= 4 is 75.9 Å². The molecule has 4 amide bonds. The van der Waals surface area contributed by atoms with E-state index in [2.05, 4.69) is 10.4 Å². The largest absolute Gasteiger partial charge is 0.507 e. The number of hydrazine groups is 1. The van der Waals surface area contributed by atoms with Crippen LogP contribution in [-0.2, 0) is 30.8 Å². The number of fused-ring (bicyclic) bond motifs is 4. The summed E-state index contributed by atoms with van der Waals surface area (Å²) in [4.78, 5) is 75.1. The van der Waals surface area contributed by atoms with Gasteiger partial charge in [-0.2, -0.15) is 18.2 Å². The quantitative estimate of drug-likeness (QED) is 0.107. The summed E-state index contributed by atoms with van der Waals surface area (Å²) in [5, 5.41) is 30.9. The van der Waals surface area contributed by atoms with Crippen molar-refractivity contribution in [3.05, 3.63) is 116 Å². The van der Waals surface area contributed by atoms with Crippen LogP contribution >= 0.6 is 34.8 Å². The summed E-state index contributed by atoms with van der Waals surface area (Å²) in [6.45, 7) is 0. The number of pyridine rings is 1. The summed E-state index contributed by atoms with van der Waals surface area (Å²) >= 11 is 19.1. The predicted octanol–water partition coefficient (Wildman–Crippen LogP) is 7.37. The van der Waals surface area contributed by atoms with Gasteiger partial charge in [0.05, 0.1) is 51.6 Å².